The first kappa shape index (κ1) is 12.5. The molecule has 0 aromatic heterocycles. The number of hydrogen-bond donors (Lipinski definition) is 1. The van der Waals surface area contributed by atoms with Gasteiger partial charge >= 0.3 is 0 Å². The highest BCUT2D eigenvalue weighted by Crippen LogP contribution is 2.33. The van der Waals surface area contributed by atoms with Crippen molar-refractivity contribution in [1.29, 1.82) is 0 Å². The molecule has 0 saturated heterocycles. The summed E-state index contributed by atoms with van der Waals surface area (Å²) in [6.45, 7) is 6.28. The van der Waals surface area contributed by atoms with Crippen molar-refractivity contribution in [3.63, 3.8) is 0 Å². The molecule has 1 amide bonds. The minimum atomic E-state index is -0.0552. The van der Waals surface area contributed by atoms with Crippen LogP contribution in [0.15, 0.2) is 0 Å². The fourth-order valence-electron chi connectivity index (χ4n) is 1.60. The van der Waals surface area contributed by atoms with Gasteiger partial charge in [0.15, 0.2) is 0 Å². The monoisotopic (exact) mass is 212 g/mol. The second-order valence-corrected chi connectivity index (χ2v) is 5.32. The van der Waals surface area contributed by atoms with E-state index in [-0.39, 0.29) is 17.5 Å². The van der Waals surface area contributed by atoms with Crippen molar-refractivity contribution < 1.29 is 4.79 Å². The molecule has 1 rings (SSSR count). The smallest absolute Gasteiger partial charge is 0.224 e. The van der Waals surface area contributed by atoms with E-state index in [1.807, 2.05) is 11.9 Å². The van der Waals surface area contributed by atoms with Gasteiger partial charge in [-0.2, -0.15) is 0 Å². The summed E-state index contributed by atoms with van der Waals surface area (Å²) in [6.07, 6.45) is 3.88. The summed E-state index contributed by atoms with van der Waals surface area (Å²) in [5.74, 6) is 0.785. The quantitative estimate of drug-likeness (QED) is 0.755. The molecule has 15 heavy (non-hydrogen) atoms. The van der Waals surface area contributed by atoms with Gasteiger partial charge < -0.3 is 10.6 Å². The SMILES string of the molecule is CCC(C)(C)N(C)C(=O)CC(N)C1CC1. The second kappa shape index (κ2) is 4.52. The van der Waals surface area contributed by atoms with Gasteiger partial charge in [0, 0.05) is 25.0 Å². The van der Waals surface area contributed by atoms with Gasteiger partial charge in [-0.05, 0) is 39.0 Å². The molecular formula is C12H24N2O. The third-order valence-electron chi connectivity index (χ3n) is 3.79. The van der Waals surface area contributed by atoms with Crippen molar-refractivity contribution in [2.75, 3.05) is 7.05 Å². The molecule has 2 N–H and O–H groups in total. The van der Waals surface area contributed by atoms with Gasteiger partial charge in [0.05, 0.1) is 0 Å². The first-order valence-electron chi connectivity index (χ1n) is 5.90. The molecule has 0 aromatic carbocycles. The zero-order chi connectivity index (χ0) is 11.6. The predicted octanol–water partition coefficient (Wildman–Crippen LogP) is 1.76. The van der Waals surface area contributed by atoms with Crippen LogP contribution in [0.5, 0.6) is 0 Å². The van der Waals surface area contributed by atoms with E-state index in [1.54, 1.807) is 0 Å². The van der Waals surface area contributed by atoms with E-state index in [9.17, 15) is 4.79 Å². The Morgan fingerprint density at radius 1 is 1.53 bits per heavy atom. The standard InChI is InChI=1S/C12H24N2O/c1-5-12(2,3)14(4)11(15)8-10(13)9-6-7-9/h9-10H,5-8,13H2,1-4H3. The number of rotatable bonds is 5. The van der Waals surface area contributed by atoms with Gasteiger partial charge in [-0.3, -0.25) is 4.79 Å². The van der Waals surface area contributed by atoms with E-state index < -0.39 is 0 Å². The number of nitrogens with two attached hydrogens (primary N) is 1. The summed E-state index contributed by atoms with van der Waals surface area (Å²) in [7, 11) is 1.88. The van der Waals surface area contributed by atoms with Crippen LogP contribution in [-0.4, -0.2) is 29.4 Å². The summed E-state index contributed by atoms with van der Waals surface area (Å²) in [5.41, 5.74) is 5.90. The minimum absolute atomic E-state index is 0.0552. The molecule has 1 saturated carbocycles. The van der Waals surface area contributed by atoms with Crippen LogP contribution in [0, 0.1) is 5.92 Å². The molecule has 0 aliphatic heterocycles. The summed E-state index contributed by atoms with van der Waals surface area (Å²) >= 11 is 0. The first-order chi connectivity index (χ1) is 6.88. The highest BCUT2D eigenvalue weighted by molar-refractivity contribution is 5.77. The highest BCUT2D eigenvalue weighted by atomic mass is 16.2. The van der Waals surface area contributed by atoms with E-state index in [0.29, 0.717) is 12.3 Å². The Bertz CT molecular complexity index is 234. The highest BCUT2D eigenvalue weighted by Gasteiger charge is 2.32. The van der Waals surface area contributed by atoms with Gasteiger partial charge in [-0.15, -0.1) is 0 Å². The fourth-order valence-corrected chi connectivity index (χ4v) is 1.60. The van der Waals surface area contributed by atoms with Gasteiger partial charge in [0.25, 0.3) is 0 Å². The maximum atomic E-state index is 11.9. The van der Waals surface area contributed by atoms with Crippen LogP contribution in [0.25, 0.3) is 0 Å². The topological polar surface area (TPSA) is 46.3 Å². The van der Waals surface area contributed by atoms with E-state index >= 15 is 0 Å². The lowest BCUT2D eigenvalue weighted by atomic mass is 9.98. The first-order valence-corrected chi connectivity index (χ1v) is 5.90. The van der Waals surface area contributed by atoms with Gasteiger partial charge in [0.1, 0.15) is 0 Å². The number of amides is 1. The minimum Gasteiger partial charge on any atom is -0.341 e. The Morgan fingerprint density at radius 2 is 2.07 bits per heavy atom. The molecule has 0 aromatic rings. The van der Waals surface area contributed by atoms with Crippen molar-refractivity contribution >= 4 is 5.91 Å². The van der Waals surface area contributed by atoms with Crippen molar-refractivity contribution in [3.05, 3.63) is 0 Å². The Hall–Kier alpha value is -0.570. The van der Waals surface area contributed by atoms with Crippen LogP contribution in [0.4, 0.5) is 0 Å². The van der Waals surface area contributed by atoms with Crippen LogP contribution in [0.1, 0.15) is 46.5 Å². The largest absolute Gasteiger partial charge is 0.341 e. The maximum Gasteiger partial charge on any atom is 0.224 e. The van der Waals surface area contributed by atoms with Gasteiger partial charge in [-0.25, -0.2) is 0 Å². The summed E-state index contributed by atoms with van der Waals surface area (Å²) in [6, 6.07) is 0.0765. The third kappa shape index (κ3) is 3.20. The normalized spacial score (nSPS) is 18.7. The van der Waals surface area contributed by atoms with E-state index in [0.717, 1.165) is 6.42 Å². The molecule has 88 valence electrons. The van der Waals surface area contributed by atoms with E-state index in [1.165, 1.54) is 12.8 Å². The molecule has 0 spiro atoms. The lowest BCUT2D eigenvalue weighted by molar-refractivity contribution is -0.135. The van der Waals surface area contributed by atoms with Crippen molar-refractivity contribution in [1.82, 2.24) is 4.90 Å². The number of hydrogen-bond acceptors (Lipinski definition) is 2. The Kier molecular flexibility index (Phi) is 3.77. The van der Waals surface area contributed by atoms with Crippen molar-refractivity contribution in [3.8, 4) is 0 Å². The zero-order valence-corrected chi connectivity index (χ0v) is 10.4. The van der Waals surface area contributed by atoms with E-state index in [4.69, 9.17) is 5.73 Å². The number of carbonyl (C=O) groups excluding carboxylic acids is 1. The molecule has 0 radical (unpaired) electrons. The Labute approximate surface area is 93.0 Å². The number of nitrogens with zero attached hydrogens (tertiary/aromatic N) is 1. The summed E-state index contributed by atoms with van der Waals surface area (Å²) in [4.78, 5) is 13.8. The van der Waals surface area contributed by atoms with Crippen molar-refractivity contribution in [2.45, 2.75) is 58.0 Å². The average molecular weight is 212 g/mol. The van der Waals surface area contributed by atoms with Gasteiger partial charge in [-0.1, -0.05) is 6.92 Å². The lowest BCUT2D eigenvalue weighted by Crippen LogP contribution is -2.46. The van der Waals surface area contributed by atoms with E-state index in [2.05, 4.69) is 20.8 Å². The van der Waals surface area contributed by atoms with Gasteiger partial charge in [0.2, 0.25) is 5.91 Å². The zero-order valence-electron chi connectivity index (χ0n) is 10.4. The third-order valence-corrected chi connectivity index (χ3v) is 3.79. The number of carbonyl (C=O) groups is 1. The predicted molar refractivity (Wildman–Crippen MR) is 62.5 cm³/mol. The molecule has 1 fully saturated rings. The lowest BCUT2D eigenvalue weighted by Gasteiger charge is -2.35. The Balaban J connectivity index is 2.44. The molecule has 3 nitrogen and oxygen atoms in total. The average Bonchev–Trinajstić information content (AvgIpc) is 2.99. The Morgan fingerprint density at radius 3 is 2.47 bits per heavy atom. The van der Waals surface area contributed by atoms with Crippen LogP contribution >= 0.6 is 0 Å². The molecular weight excluding hydrogens is 188 g/mol. The summed E-state index contributed by atoms with van der Waals surface area (Å²) < 4.78 is 0. The van der Waals surface area contributed by atoms with Crippen molar-refractivity contribution in [2.24, 2.45) is 11.7 Å². The van der Waals surface area contributed by atoms with Crippen LogP contribution in [0.3, 0.4) is 0 Å². The maximum absolute atomic E-state index is 11.9. The molecule has 3 heteroatoms. The molecule has 1 atom stereocenters. The molecule has 1 aliphatic carbocycles. The van der Waals surface area contributed by atoms with Crippen LogP contribution < -0.4 is 5.73 Å². The second-order valence-electron chi connectivity index (χ2n) is 5.32. The van der Waals surface area contributed by atoms with Crippen LogP contribution in [-0.2, 0) is 4.79 Å². The molecule has 0 bridgehead atoms. The summed E-state index contributed by atoms with van der Waals surface area (Å²) in [5, 5.41) is 0. The molecule has 0 heterocycles. The van der Waals surface area contributed by atoms with Crippen LogP contribution in [0.2, 0.25) is 0 Å². The fraction of sp³-hybridized carbons (Fsp3) is 0.917. The molecule has 1 aliphatic rings. The molecule has 1 unspecified atom stereocenters.